The van der Waals surface area contributed by atoms with Gasteiger partial charge in [-0.25, -0.2) is 0 Å². The van der Waals surface area contributed by atoms with Crippen LogP contribution in [-0.4, -0.2) is 0 Å². The summed E-state index contributed by atoms with van der Waals surface area (Å²) in [5.74, 6) is 3.98. The summed E-state index contributed by atoms with van der Waals surface area (Å²) in [4.78, 5) is 0. The van der Waals surface area contributed by atoms with Crippen molar-refractivity contribution in [3.63, 3.8) is 0 Å². The van der Waals surface area contributed by atoms with Crippen LogP contribution >= 0.6 is 0 Å². The molecule has 1 aliphatic carbocycles. The zero-order valence-corrected chi connectivity index (χ0v) is 10.6. The fourth-order valence-corrected chi connectivity index (χ4v) is 3.14. The Morgan fingerprint density at radius 2 is 1.79 bits per heavy atom. The lowest BCUT2D eigenvalue weighted by atomic mass is 9.66. The average molecular weight is 196 g/mol. The monoisotopic (exact) mass is 196 g/mol. The molecule has 1 rings (SSSR count). The molecule has 0 aromatic heterocycles. The molecule has 0 heterocycles. The lowest BCUT2D eigenvalue weighted by molar-refractivity contribution is 0.112. The van der Waals surface area contributed by atoms with Crippen molar-refractivity contribution < 1.29 is 0 Å². The van der Waals surface area contributed by atoms with Crippen LogP contribution < -0.4 is 0 Å². The molecule has 1 saturated carbocycles. The van der Waals surface area contributed by atoms with E-state index in [-0.39, 0.29) is 0 Å². The molecule has 84 valence electrons. The number of hydrogen-bond acceptors (Lipinski definition) is 0. The minimum atomic E-state index is 0.936. The highest BCUT2D eigenvalue weighted by Gasteiger charge is 2.31. The van der Waals surface area contributed by atoms with Gasteiger partial charge in [0, 0.05) is 0 Å². The van der Waals surface area contributed by atoms with E-state index in [1.807, 2.05) is 0 Å². The van der Waals surface area contributed by atoms with Gasteiger partial charge in [-0.15, -0.1) is 0 Å². The molecule has 1 fully saturated rings. The largest absolute Gasteiger partial charge is 0.0654 e. The molecule has 1 aliphatic rings. The first-order valence-electron chi connectivity index (χ1n) is 6.70. The smallest absolute Gasteiger partial charge is 0.0360 e. The van der Waals surface area contributed by atoms with Crippen molar-refractivity contribution in [2.24, 2.45) is 23.7 Å². The molecule has 0 spiro atoms. The Bertz CT molecular complexity index is 146. The Kier molecular flexibility index (Phi) is 4.98. The van der Waals surface area contributed by atoms with Gasteiger partial charge in [0.15, 0.2) is 0 Å². The van der Waals surface area contributed by atoms with Gasteiger partial charge in [0.25, 0.3) is 0 Å². The predicted molar refractivity (Wildman–Crippen MR) is 64.4 cm³/mol. The van der Waals surface area contributed by atoms with Crippen LogP contribution in [0.2, 0.25) is 0 Å². The number of hydrogen-bond donors (Lipinski definition) is 0. The Balaban J connectivity index is 2.41. The summed E-state index contributed by atoms with van der Waals surface area (Å²) in [6, 6.07) is 0. The molecule has 0 N–H and O–H groups in total. The van der Waals surface area contributed by atoms with Crippen LogP contribution in [0.5, 0.6) is 0 Å². The Labute approximate surface area is 90.5 Å². The third kappa shape index (κ3) is 2.74. The van der Waals surface area contributed by atoms with E-state index in [0.29, 0.717) is 0 Å². The Hall–Kier alpha value is 0. The van der Waals surface area contributed by atoms with Crippen LogP contribution in [0.25, 0.3) is 0 Å². The summed E-state index contributed by atoms with van der Waals surface area (Å²) in [5, 5.41) is 0. The summed E-state index contributed by atoms with van der Waals surface area (Å²) in [6.07, 6.45) is 8.70. The van der Waals surface area contributed by atoms with E-state index >= 15 is 0 Å². The standard InChI is InChI=1S/C14H28/c1-5-8-11(3)12(4)14(6-2)13-9-7-10-13/h11-14H,5-10H2,1-4H3. The van der Waals surface area contributed by atoms with Crippen molar-refractivity contribution >= 4 is 0 Å². The molecule has 14 heavy (non-hydrogen) atoms. The maximum absolute atomic E-state index is 2.49. The van der Waals surface area contributed by atoms with Gasteiger partial charge in [-0.3, -0.25) is 0 Å². The predicted octanol–water partition coefficient (Wildman–Crippen LogP) is 4.89. The average Bonchev–Trinajstić information content (AvgIpc) is 2.10. The second-order valence-corrected chi connectivity index (χ2v) is 5.39. The molecule has 0 aromatic carbocycles. The van der Waals surface area contributed by atoms with E-state index in [2.05, 4.69) is 27.7 Å². The third-order valence-electron chi connectivity index (χ3n) is 4.54. The molecule has 0 radical (unpaired) electrons. The molecule has 0 bridgehead atoms. The van der Waals surface area contributed by atoms with Crippen molar-refractivity contribution in [3.05, 3.63) is 0 Å². The summed E-state index contributed by atoms with van der Waals surface area (Å²) in [6.45, 7) is 9.65. The van der Waals surface area contributed by atoms with Gasteiger partial charge >= 0.3 is 0 Å². The van der Waals surface area contributed by atoms with Crippen LogP contribution in [0.1, 0.15) is 66.2 Å². The van der Waals surface area contributed by atoms with Gasteiger partial charge in [-0.05, 0) is 23.7 Å². The molecule has 0 heteroatoms. The molecule has 3 atom stereocenters. The summed E-state index contributed by atoms with van der Waals surface area (Å²) in [5.41, 5.74) is 0. The molecular formula is C14H28. The molecule has 0 aromatic rings. The fraction of sp³-hybridized carbons (Fsp3) is 1.00. The van der Waals surface area contributed by atoms with E-state index < -0.39 is 0 Å². The Morgan fingerprint density at radius 1 is 1.14 bits per heavy atom. The van der Waals surface area contributed by atoms with Crippen molar-refractivity contribution in [2.45, 2.75) is 66.2 Å². The van der Waals surface area contributed by atoms with Gasteiger partial charge in [-0.1, -0.05) is 66.2 Å². The number of rotatable bonds is 6. The van der Waals surface area contributed by atoms with Crippen molar-refractivity contribution in [3.8, 4) is 0 Å². The maximum Gasteiger partial charge on any atom is -0.0360 e. The van der Waals surface area contributed by atoms with Crippen LogP contribution in [0.3, 0.4) is 0 Å². The van der Waals surface area contributed by atoms with Gasteiger partial charge < -0.3 is 0 Å². The maximum atomic E-state index is 2.49. The van der Waals surface area contributed by atoms with Crippen LogP contribution in [0.4, 0.5) is 0 Å². The van der Waals surface area contributed by atoms with E-state index in [4.69, 9.17) is 0 Å². The van der Waals surface area contributed by atoms with Gasteiger partial charge in [0.2, 0.25) is 0 Å². The summed E-state index contributed by atoms with van der Waals surface area (Å²) in [7, 11) is 0. The van der Waals surface area contributed by atoms with Crippen molar-refractivity contribution in [1.29, 1.82) is 0 Å². The zero-order chi connectivity index (χ0) is 10.6. The van der Waals surface area contributed by atoms with Crippen LogP contribution in [0.15, 0.2) is 0 Å². The minimum Gasteiger partial charge on any atom is -0.0654 e. The van der Waals surface area contributed by atoms with Gasteiger partial charge in [0.1, 0.15) is 0 Å². The summed E-state index contributed by atoms with van der Waals surface area (Å²) >= 11 is 0. The highest BCUT2D eigenvalue weighted by molar-refractivity contribution is 4.82. The van der Waals surface area contributed by atoms with E-state index in [1.165, 1.54) is 38.5 Å². The quantitative estimate of drug-likeness (QED) is 0.567. The van der Waals surface area contributed by atoms with E-state index in [1.54, 1.807) is 0 Å². The minimum absolute atomic E-state index is 0.936. The molecule has 0 saturated heterocycles. The highest BCUT2D eigenvalue weighted by Crippen LogP contribution is 2.41. The molecule has 0 nitrogen and oxygen atoms in total. The molecule has 0 amide bonds. The van der Waals surface area contributed by atoms with Crippen LogP contribution in [0, 0.1) is 23.7 Å². The van der Waals surface area contributed by atoms with E-state index in [0.717, 1.165) is 23.7 Å². The van der Waals surface area contributed by atoms with E-state index in [9.17, 15) is 0 Å². The van der Waals surface area contributed by atoms with Crippen molar-refractivity contribution in [1.82, 2.24) is 0 Å². The lowest BCUT2D eigenvalue weighted by Gasteiger charge is -2.39. The third-order valence-corrected chi connectivity index (χ3v) is 4.54. The topological polar surface area (TPSA) is 0 Å². The second-order valence-electron chi connectivity index (χ2n) is 5.39. The van der Waals surface area contributed by atoms with Gasteiger partial charge in [-0.2, -0.15) is 0 Å². The first-order chi connectivity index (χ1) is 6.70. The highest BCUT2D eigenvalue weighted by atomic mass is 14.4. The SMILES string of the molecule is CCCC(C)C(C)C(CC)C1CCC1. The molecule has 0 aliphatic heterocycles. The first-order valence-corrected chi connectivity index (χ1v) is 6.70. The molecule has 3 unspecified atom stereocenters. The Morgan fingerprint density at radius 3 is 2.14 bits per heavy atom. The zero-order valence-electron chi connectivity index (χ0n) is 10.6. The van der Waals surface area contributed by atoms with Crippen molar-refractivity contribution in [2.75, 3.05) is 0 Å². The lowest BCUT2D eigenvalue weighted by Crippen LogP contribution is -2.30. The first kappa shape index (κ1) is 12.1. The second kappa shape index (κ2) is 5.78. The fourth-order valence-electron chi connectivity index (χ4n) is 3.14. The van der Waals surface area contributed by atoms with Gasteiger partial charge in [0.05, 0.1) is 0 Å². The summed E-state index contributed by atoms with van der Waals surface area (Å²) < 4.78 is 0. The normalized spacial score (nSPS) is 24.0. The van der Waals surface area contributed by atoms with Crippen LogP contribution in [-0.2, 0) is 0 Å². The molecular weight excluding hydrogens is 168 g/mol.